The molecule has 0 aromatic heterocycles. The highest BCUT2D eigenvalue weighted by Gasteiger charge is 1.86. The Morgan fingerprint density at radius 3 is 2.67 bits per heavy atom. The fourth-order valence-electron chi connectivity index (χ4n) is 0.672. The Morgan fingerprint density at radius 1 is 1.44 bits per heavy atom. The van der Waals surface area contributed by atoms with Crippen LogP contribution in [0.25, 0.3) is 0 Å². The number of hydrogen-bond acceptors (Lipinski definition) is 1. The standard InChI is InChI=1S/C8H9O/c1-7-4-3-5-8(6-7)9-2/h3-6H,1H2,2H3/i2+1. The lowest BCUT2D eigenvalue weighted by Gasteiger charge is -1.97. The topological polar surface area (TPSA) is 9.23 Å². The summed E-state index contributed by atoms with van der Waals surface area (Å²) in [5.74, 6) is 0.863. The maximum atomic E-state index is 4.96. The SMILES string of the molecule is [CH2]c1cccc(O[13CH3])c1. The van der Waals surface area contributed by atoms with Crippen molar-refractivity contribution < 1.29 is 4.74 Å². The number of methoxy groups -OCH3 is 1. The van der Waals surface area contributed by atoms with E-state index in [1.165, 1.54) is 0 Å². The van der Waals surface area contributed by atoms with Crippen LogP contribution in [0.1, 0.15) is 5.56 Å². The molecule has 0 spiro atoms. The molecule has 0 aliphatic rings. The molecule has 0 fully saturated rings. The van der Waals surface area contributed by atoms with Crippen LogP contribution in [0.5, 0.6) is 5.75 Å². The lowest BCUT2D eigenvalue weighted by molar-refractivity contribution is 0.414. The van der Waals surface area contributed by atoms with E-state index >= 15 is 0 Å². The summed E-state index contributed by atoms with van der Waals surface area (Å²) < 4.78 is 4.96. The lowest BCUT2D eigenvalue weighted by atomic mass is 10.2. The Balaban J connectivity index is 2.94. The molecule has 0 bridgehead atoms. The minimum Gasteiger partial charge on any atom is -0.497 e. The lowest BCUT2D eigenvalue weighted by Crippen LogP contribution is -1.81. The van der Waals surface area contributed by atoms with Gasteiger partial charge in [0.2, 0.25) is 0 Å². The van der Waals surface area contributed by atoms with Crippen LogP contribution >= 0.6 is 0 Å². The van der Waals surface area contributed by atoms with E-state index in [9.17, 15) is 0 Å². The predicted molar refractivity (Wildman–Crippen MR) is 37.5 cm³/mol. The van der Waals surface area contributed by atoms with Gasteiger partial charge >= 0.3 is 0 Å². The number of rotatable bonds is 1. The molecule has 1 nitrogen and oxygen atoms in total. The highest BCUT2D eigenvalue weighted by Crippen LogP contribution is 2.10. The highest BCUT2D eigenvalue weighted by atomic mass is 16.5. The molecule has 1 aromatic carbocycles. The second kappa shape index (κ2) is 2.53. The summed E-state index contributed by atoms with van der Waals surface area (Å²) in [4.78, 5) is 0. The van der Waals surface area contributed by atoms with Crippen LogP contribution in [0.4, 0.5) is 0 Å². The van der Waals surface area contributed by atoms with Crippen molar-refractivity contribution in [2.24, 2.45) is 0 Å². The van der Waals surface area contributed by atoms with Gasteiger partial charge in [-0.3, -0.25) is 0 Å². The highest BCUT2D eigenvalue weighted by molar-refractivity contribution is 5.29. The molecule has 0 unspecified atom stereocenters. The number of hydrogen-bond donors (Lipinski definition) is 0. The Morgan fingerprint density at radius 2 is 2.22 bits per heavy atom. The van der Waals surface area contributed by atoms with Gasteiger partial charge in [0, 0.05) is 0 Å². The zero-order chi connectivity index (χ0) is 6.69. The summed E-state index contributed by atoms with van der Waals surface area (Å²) in [5, 5.41) is 0. The van der Waals surface area contributed by atoms with Crippen LogP contribution in [0.15, 0.2) is 24.3 Å². The zero-order valence-electron chi connectivity index (χ0n) is 5.42. The first-order chi connectivity index (χ1) is 4.33. The van der Waals surface area contributed by atoms with Crippen molar-refractivity contribution in [1.29, 1.82) is 0 Å². The minimum atomic E-state index is 0.863. The molecule has 0 N–H and O–H groups in total. The number of benzene rings is 1. The first kappa shape index (κ1) is 6.14. The summed E-state index contributed by atoms with van der Waals surface area (Å²) in [7, 11) is 1.65. The van der Waals surface area contributed by atoms with Crippen molar-refractivity contribution in [2.75, 3.05) is 7.11 Å². The van der Waals surface area contributed by atoms with Crippen molar-refractivity contribution >= 4 is 0 Å². The maximum Gasteiger partial charge on any atom is 0.119 e. The van der Waals surface area contributed by atoms with Crippen LogP contribution in [0.2, 0.25) is 0 Å². The van der Waals surface area contributed by atoms with E-state index < -0.39 is 0 Å². The average molecular weight is 122 g/mol. The van der Waals surface area contributed by atoms with Crippen LogP contribution in [0, 0.1) is 6.92 Å². The largest absolute Gasteiger partial charge is 0.497 e. The van der Waals surface area contributed by atoms with Gasteiger partial charge in [-0.05, 0) is 24.6 Å². The average Bonchev–Trinajstić information content (AvgIpc) is 1.88. The van der Waals surface area contributed by atoms with Gasteiger partial charge in [0.1, 0.15) is 5.75 Å². The van der Waals surface area contributed by atoms with Gasteiger partial charge in [0.25, 0.3) is 0 Å². The molecule has 0 aliphatic carbocycles. The molecule has 0 saturated heterocycles. The molecular formula is C8H9O. The maximum absolute atomic E-state index is 4.96. The van der Waals surface area contributed by atoms with E-state index in [1.807, 2.05) is 24.3 Å². The van der Waals surface area contributed by atoms with E-state index in [1.54, 1.807) is 7.11 Å². The third-order valence-corrected chi connectivity index (χ3v) is 1.13. The van der Waals surface area contributed by atoms with Crippen molar-refractivity contribution in [3.05, 3.63) is 36.8 Å². The van der Waals surface area contributed by atoms with Gasteiger partial charge in [-0.2, -0.15) is 0 Å². The van der Waals surface area contributed by atoms with E-state index in [4.69, 9.17) is 4.74 Å². The molecule has 0 aliphatic heterocycles. The first-order valence-electron chi connectivity index (χ1n) is 2.79. The smallest absolute Gasteiger partial charge is 0.119 e. The van der Waals surface area contributed by atoms with Gasteiger partial charge in [0.15, 0.2) is 0 Å². The minimum absolute atomic E-state index is 0.863. The summed E-state index contributed by atoms with van der Waals surface area (Å²) in [5.41, 5.74) is 0.981. The quantitative estimate of drug-likeness (QED) is 0.517. The van der Waals surface area contributed by atoms with Crippen LogP contribution < -0.4 is 4.74 Å². The molecule has 1 aromatic rings. The fraction of sp³-hybridized carbons (Fsp3) is 0.125. The Hall–Kier alpha value is -0.980. The third-order valence-electron chi connectivity index (χ3n) is 1.13. The van der Waals surface area contributed by atoms with Crippen LogP contribution in [-0.2, 0) is 0 Å². The van der Waals surface area contributed by atoms with Gasteiger partial charge in [-0.1, -0.05) is 12.1 Å². The van der Waals surface area contributed by atoms with Gasteiger partial charge < -0.3 is 4.74 Å². The van der Waals surface area contributed by atoms with Gasteiger partial charge in [0.05, 0.1) is 7.11 Å². The monoisotopic (exact) mass is 122 g/mol. The molecule has 1 rings (SSSR count). The van der Waals surface area contributed by atoms with Crippen molar-refractivity contribution in [3.8, 4) is 5.75 Å². The number of ether oxygens (including phenoxy) is 1. The van der Waals surface area contributed by atoms with E-state index in [0.29, 0.717) is 0 Å². The fourth-order valence-corrected chi connectivity index (χ4v) is 0.672. The molecule has 1 radical (unpaired) electrons. The molecule has 0 atom stereocenters. The molecule has 1 heteroatoms. The molecule has 47 valence electrons. The van der Waals surface area contributed by atoms with Crippen LogP contribution in [-0.4, -0.2) is 7.11 Å². The Labute approximate surface area is 55.3 Å². The molecule has 0 amide bonds. The zero-order valence-corrected chi connectivity index (χ0v) is 5.42. The van der Waals surface area contributed by atoms with Gasteiger partial charge in [-0.15, -0.1) is 0 Å². The van der Waals surface area contributed by atoms with Crippen molar-refractivity contribution in [1.82, 2.24) is 0 Å². The normalized spacial score (nSPS) is 9.11. The summed E-state index contributed by atoms with van der Waals surface area (Å²) >= 11 is 0. The van der Waals surface area contributed by atoms with E-state index in [-0.39, 0.29) is 0 Å². The van der Waals surface area contributed by atoms with Crippen LogP contribution in [0.3, 0.4) is 0 Å². The third kappa shape index (κ3) is 1.46. The predicted octanol–water partition coefficient (Wildman–Crippen LogP) is 1.88. The Kier molecular flexibility index (Phi) is 1.73. The molecule has 9 heavy (non-hydrogen) atoms. The Bertz CT molecular complexity index is 194. The summed E-state index contributed by atoms with van der Waals surface area (Å²) in [6.45, 7) is 3.75. The first-order valence-corrected chi connectivity index (χ1v) is 2.79. The van der Waals surface area contributed by atoms with E-state index in [2.05, 4.69) is 6.92 Å². The van der Waals surface area contributed by atoms with Crippen molar-refractivity contribution in [2.45, 2.75) is 0 Å². The van der Waals surface area contributed by atoms with E-state index in [0.717, 1.165) is 11.3 Å². The summed E-state index contributed by atoms with van der Waals surface area (Å²) in [6.07, 6.45) is 0. The molecular weight excluding hydrogens is 113 g/mol. The second-order valence-electron chi connectivity index (χ2n) is 1.85. The molecule has 0 saturated carbocycles. The summed E-state index contributed by atoms with van der Waals surface area (Å²) in [6, 6.07) is 7.64. The van der Waals surface area contributed by atoms with Crippen molar-refractivity contribution in [3.63, 3.8) is 0 Å². The second-order valence-corrected chi connectivity index (χ2v) is 1.85. The van der Waals surface area contributed by atoms with Gasteiger partial charge in [-0.25, -0.2) is 0 Å². The molecule has 0 heterocycles.